The van der Waals surface area contributed by atoms with Gasteiger partial charge in [-0.3, -0.25) is 0 Å². The van der Waals surface area contributed by atoms with Crippen LogP contribution in [0.15, 0.2) is 42.5 Å². The van der Waals surface area contributed by atoms with Crippen molar-refractivity contribution in [1.29, 1.82) is 0 Å². The topological polar surface area (TPSA) is 44.3 Å². The van der Waals surface area contributed by atoms with Gasteiger partial charge in [0.05, 0.1) is 6.04 Å². The minimum atomic E-state index is -0.229. The molecule has 2 aromatic rings. The van der Waals surface area contributed by atoms with Crippen LogP contribution in [0.4, 0.5) is 4.39 Å². The van der Waals surface area contributed by atoms with Crippen molar-refractivity contribution in [3.8, 4) is 5.75 Å². The van der Waals surface area contributed by atoms with Crippen molar-refractivity contribution >= 4 is 0 Å². The Bertz CT molecular complexity index is 612. The second-order valence-corrected chi connectivity index (χ2v) is 5.24. The van der Waals surface area contributed by atoms with Crippen molar-refractivity contribution in [2.75, 3.05) is 0 Å². The van der Waals surface area contributed by atoms with Crippen molar-refractivity contribution in [2.24, 2.45) is 0 Å². The van der Waals surface area contributed by atoms with E-state index >= 15 is 0 Å². The number of benzene rings is 2. The molecule has 0 saturated carbocycles. The summed E-state index contributed by atoms with van der Waals surface area (Å²) in [4.78, 5) is 0. The molecule has 2 unspecified atom stereocenters. The second-order valence-electron chi connectivity index (χ2n) is 5.24. The summed E-state index contributed by atoms with van der Waals surface area (Å²) in [5.74, 6) is 0.0715. The van der Waals surface area contributed by atoms with E-state index in [1.54, 1.807) is 18.2 Å². The highest BCUT2D eigenvalue weighted by molar-refractivity contribution is 5.39. The standard InChI is InChI=1S/C16H17FN2O/c1-10-2-7-16(20)13(8-10)15-9-14(18-19-15)11-3-5-12(17)6-4-11/h2-8,14-15,18-20H,9H2,1H3. The number of hydrogen-bond donors (Lipinski definition) is 3. The van der Waals surface area contributed by atoms with Crippen LogP contribution in [0.25, 0.3) is 0 Å². The molecule has 1 aliphatic heterocycles. The summed E-state index contributed by atoms with van der Waals surface area (Å²) in [6.45, 7) is 2.00. The second kappa shape index (κ2) is 5.23. The van der Waals surface area contributed by atoms with E-state index in [4.69, 9.17) is 0 Å². The number of rotatable bonds is 2. The molecule has 20 heavy (non-hydrogen) atoms. The Morgan fingerprint density at radius 3 is 2.50 bits per heavy atom. The molecule has 1 aliphatic rings. The summed E-state index contributed by atoms with van der Waals surface area (Å²) in [7, 11) is 0. The molecule has 3 rings (SSSR count). The molecule has 3 N–H and O–H groups in total. The zero-order valence-electron chi connectivity index (χ0n) is 11.2. The van der Waals surface area contributed by atoms with Gasteiger partial charge >= 0.3 is 0 Å². The summed E-state index contributed by atoms with van der Waals surface area (Å²) >= 11 is 0. The fourth-order valence-corrected chi connectivity index (χ4v) is 2.63. The number of phenols is 1. The van der Waals surface area contributed by atoms with Crippen LogP contribution in [0.3, 0.4) is 0 Å². The van der Waals surface area contributed by atoms with Crippen LogP contribution in [-0.2, 0) is 0 Å². The maximum absolute atomic E-state index is 12.9. The predicted octanol–water partition coefficient (Wildman–Crippen LogP) is 3.12. The first-order chi connectivity index (χ1) is 9.63. The molecule has 4 heteroatoms. The molecule has 0 bridgehead atoms. The Balaban J connectivity index is 1.79. The van der Waals surface area contributed by atoms with Gasteiger partial charge in [0.25, 0.3) is 0 Å². The van der Waals surface area contributed by atoms with Gasteiger partial charge in [-0.05, 0) is 37.1 Å². The number of phenolic OH excluding ortho intramolecular Hbond substituents is 1. The molecule has 1 saturated heterocycles. The molecule has 104 valence electrons. The molecule has 0 spiro atoms. The Morgan fingerprint density at radius 2 is 1.75 bits per heavy atom. The van der Waals surface area contributed by atoms with E-state index in [-0.39, 0.29) is 17.9 Å². The van der Waals surface area contributed by atoms with Gasteiger partial charge in [-0.15, -0.1) is 0 Å². The fraction of sp³-hybridized carbons (Fsp3) is 0.250. The van der Waals surface area contributed by atoms with E-state index < -0.39 is 0 Å². The molecule has 3 nitrogen and oxygen atoms in total. The van der Waals surface area contributed by atoms with Crippen molar-refractivity contribution in [3.63, 3.8) is 0 Å². The van der Waals surface area contributed by atoms with Crippen molar-refractivity contribution < 1.29 is 9.50 Å². The highest BCUT2D eigenvalue weighted by Crippen LogP contribution is 2.35. The number of nitrogens with one attached hydrogen (secondary N) is 2. The average molecular weight is 272 g/mol. The summed E-state index contributed by atoms with van der Waals surface area (Å²) in [5, 5.41) is 9.97. The van der Waals surface area contributed by atoms with Gasteiger partial charge in [0.2, 0.25) is 0 Å². The number of halogens is 1. The fourth-order valence-electron chi connectivity index (χ4n) is 2.63. The summed E-state index contributed by atoms with van der Waals surface area (Å²) in [6.07, 6.45) is 0.808. The minimum Gasteiger partial charge on any atom is -0.508 e. The van der Waals surface area contributed by atoms with Crippen LogP contribution in [-0.4, -0.2) is 5.11 Å². The third-order valence-corrected chi connectivity index (χ3v) is 3.73. The molecular formula is C16H17FN2O. The third-order valence-electron chi connectivity index (χ3n) is 3.73. The zero-order chi connectivity index (χ0) is 14.1. The first-order valence-corrected chi connectivity index (χ1v) is 6.69. The molecule has 2 aromatic carbocycles. The predicted molar refractivity (Wildman–Crippen MR) is 75.6 cm³/mol. The highest BCUT2D eigenvalue weighted by Gasteiger charge is 2.27. The van der Waals surface area contributed by atoms with Crippen LogP contribution < -0.4 is 10.9 Å². The lowest BCUT2D eigenvalue weighted by Crippen LogP contribution is -2.26. The van der Waals surface area contributed by atoms with Crippen molar-refractivity contribution in [2.45, 2.75) is 25.4 Å². The molecule has 0 aromatic heterocycles. The minimum absolute atomic E-state index is 0.0463. The van der Waals surface area contributed by atoms with Gasteiger partial charge in [0, 0.05) is 11.6 Å². The molecule has 0 radical (unpaired) electrons. The summed E-state index contributed by atoms with van der Waals surface area (Å²) in [5.41, 5.74) is 9.45. The molecule has 0 aliphatic carbocycles. The molecule has 0 amide bonds. The van der Waals surface area contributed by atoms with Crippen LogP contribution in [0.2, 0.25) is 0 Å². The molecular weight excluding hydrogens is 255 g/mol. The Kier molecular flexibility index (Phi) is 3.42. The summed E-state index contributed by atoms with van der Waals surface area (Å²) in [6, 6.07) is 12.3. The normalized spacial score (nSPS) is 22.1. The van der Waals surface area contributed by atoms with Crippen molar-refractivity contribution in [1.82, 2.24) is 10.9 Å². The van der Waals surface area contributed by atoms with E-state index in [9.17, 15) is 9.50 Å². The lowest BCUT2D eigenvalue weighted by molar-refractivity contribution is 0.453. The molecule has 1 heterocycles. The van der Waals surface area contributed by atoms with E-state index in [0.717, 1.165) is 23.1 Å². The molecule has 2 atom stereocenters. The Morgan fingerprint density at radius 1 is 1.05 bits per heavy atom. The zero-order valence-corrected chi connectivity index (χ0v) is 11.2. The van der Waals surface area contributed by atoms with Gasteiger partial charge < -0.3 is 5.11 Å². The number of aromatic hydroxyl groups is 1. The van der Waals surface area contributed by atoms with E-state index in [0.29, 0.717) is 5.75 Å². The first kappa shape index (κ1) is 13.1. The SMILES string of the molecule is Cc1ccc(O)c(C2CC(c3ccc(F)cc3)NN2)c1. The van der Waals surface area contributed by atoms with E-state index in [2.05, 4.69) is 10.9 Å². The summed E-state index contributed by atoms with van der Waals surface area (Å²) < 4.78 is 12.9. The van der Waals surface area contributed by atoms with Gasteiger partial charge in [0.15, 0.2) is 0 Å². The molecule has 1 fully saturated rings. The van der Waals surface area contributed by atoms with Crippen LogP contribution in [0.5, 0.6) is 5.75 Å². The van der Waals surface area contributed by atoms with Crippen molar-refractivity contribution in [3.05, 3.63) is 65.0 Å². The third kappa shape index (κ3) is 2.53. The van der Waals surface area contributed by atoms with Gasteiger partial charge in [-0.25, -0.2) is 15.2 Å². The Labute approximate surface area is 117 Å². The Hall–Kier alpha value is -1.91. The maximum atomic E-state index is 12.9. The maximum Gasteiger partial charge on any atom is 0.123 e. The van der Waals surface area contributed by atoms with Crippen LogP contribution in [0, 0.1) is 12.7 Å². The van der Waals surface area contributed by atoms with Crippen LogP contribution in [0.1, 0.15) is 35.2 Å². The lowest BCUT2D eigenvalue weighted by atomic mass is 9.96. The highest BCUT2D eigenvalue weighted by atomic mass is 19.1. The largest absolute Gasteiger partial charge is 0.508 e. The quantitative estimate of drug-likeness (QED) is 0.787. The van der Waals surface area contributed by atoms with Gasteiger partial charge in [-0.1, -0.05) is 29.8 Å². The van der Waals surface area contributed by atoms with Crippen LogP contribution >= 0.6 is 0 Å². The lowest BCUT2D eigenvalue weighted by Gasteiger charge is -2.12. The number of aryl methyl sites for hydroxylation is 1. The number of hydrazine groups is 1. The number of hydrogen-bond acceptors (Lipinski definition) is 3. The van der Waals surface area contributed by atoms with E-state index in [1.807, 2.05) is 19.1 Å². The van der Waals surface area contributed by atoms with Gasteiger partial charge in [-0.2, -0.15) is 0 Å². The smallest absolute Gasteiger partial charge is 0.123 e. The monoisotopic (exact) mass is 272 g/mol. The first-order valence-electron chi connectivity index (χ1n) is 6.69. The average Bonchev–Trinajstić information content (AvgIpc) is 2.92. The van der Waals surface area contributed by atoms with Gasteiger partial charge in [0.1, 0.15) is 11.6 Å². The van der Waals surface area contributed by atoms with E-state index in [1.165, 1.54) is 12.1 Å².